The van der Waals surface area contributed by atoms with Crippen molar-refractivity contribution in [3.05, 3.63) is 265 Å². The summed E-state index contributed by atoms with van der Waals surface area (Å²) in [5.74, 6) is 0. The average molecular weight is 885 g/mol. The Labute approximate surface area is 403 Å². The van der Waals surface area contributed by atoms with E-state index < -0.39 is 0 Å². The molecule has 0 amide bonds. The zero-order chi connectivity index (χ0) is 46.9. The SMILES string of the molecule is N#Cc1c(-c2ccc(N(C3=CCCC=C3)c3ccccc3)cc2)c(C#N)c(-c2ccc(N(c3ccccc3)c3ccccc3)cc2)c(C#N)c1-c1ccc(N(c2ccccc2)c2ccccc2)cc1. The molecule has 0 heterocycles. The molecule has 0 saturated heterocycles. The van der Waals surface area contributed by atoms with Crippen molar-refractivity contribution in [2.75, 3.05) is 14.7 Å². The molecule has 0 saturated carbocycles. The lowest BCUT2D eigenvalue weighted by Crippen LogP contribution is -2.16. The molecule has 0 N–H and O–H groups in total. The quantitative estimate of drug-likeness (QED) is 0.122. The van der Waals surface area contributed by atoms with Crippen molar-refractivity contribution in [1.29, 1.82) is 15.8 Å². The van der Waals surface area contributed by atoms with E-state index in [0.29, 0.717) is 33.4 Å². The van der Waals surface area contributed by atoms with Gasteiger partial charge in [0.1, 0.15) is 18.2 Å². The van der Waals surface area contributed by atoms with E-state index in [-0.39, 0.29) is 16.7 Å². The molecule has 10 rings (SSSR count). The van der Waals surface area contributed by atoms with E-state index in [1.807, 2.05) is 164 Å². The van der Waals surface area contributed by atoms with Crippen LogP contribution in [0.3, 0.4) is 0 Å². The maximum absolute atomic E-state index is 11.3. The third-order valence-corrected chi connectivity index (χ3v) is 12.4. The third-order valence-electron chi connectivity index (χ3n) is 12.4. The predicted molar refractivity (Wildman–Crippen MR) is 281 cm³/mol. The first-order chi connectivity index (χ1) is 34.1. The minimum atomic E-state index is 0.251. The van der Waals surface area contributed by atoms with Crippen LogP contribution in [-0.2, 0) is 0 Å². The van der Waals surface area contributed by atoms with Crippen LogP contribution >= 0.6 is 0 Å². The highest BCUT2D eigenvalue weighted by atomic mass is 15.2. The molecule has 0 bridgehead atoms. The van der Waals surface area contributed by atoms with Crippen molar-refractivity contribution in [2.24, 2.45) is 0 Å². The number of benzene rings is 9. The number of hydrogen-bond acceptors (Lipinski definition) is 6. The van der Waals surface area contributed by atoms with Crippen molar-refractivity contribution in [1.82, 2.24) is 0 Å². The van der Waals surface area contributed by atoms with E-state index >= 15 is 0 Å². The molecule has 69 heavy (non-hydrogen) atoms. The van der Waals surface area contributed by atoms with Crippen LogP contribution in [0.2, 0.25) is 0 Å². The summed E-state index contributed by atoms with van der Waals surface area (Å²) in [6, 6.07) is 82.4. The van der Waals surface area contributed by atoms with Crippen LogP contribution in [0.1, 0.15) is 29.5 Å². The Morgan fingerprint density at radius 2 is 0.551 bits per heavy atom. The second kappa shape index (κ2) is 19.8. The first kappa shape index (κ1) is 43.2. The maximum atomic E-state index is 11.3. The number of nitrogens with zero attached hydrogens (tertiary/aromatic N) is 6. The Hall–Kier alpha value is -9.67. The van der Waals surface area contributed by atoms with Gasteiger partial charge in [-0.05, 0) is 133 Å². The lowest BCUT2D eigenvalue weighted by molar-refractivity contribution is 0.997. The Bertz CT molecular complexity index is 3180. The van der Waals surface area contributed by atoms with Crippen LogP contribution in [-0.4, -0.2) is 0 Å². The number of rotatable bonds is 12. The van der Waals surface area contributed by atoms with Crippen LogP contribution < -0.4 is 14.7 Å². The Kier molecular flexibility index (Phi) is 12.4. The van der Waals surface area contributed by atoms with Crippen molar-refractivity contribution in [3.63, 3.8) is 0 Å². The van der Waals surface area contributed by atoms with E-state index in [9.17, 15) is 15.8 Å². The molecule has 9 aromatic rings. The van der Waals surface area contributed by atoms with Crippen LogP contribution in [0.15, 0.2) is 248 Å². The minimum Gasteiger partial charge on any atom is -0.311 e. The summed E-state index contributed by atoms with van der Waals surface area (Å²) >= 11 is 0. The van der Waals surface area contributed by atoms with Crippen molar-refractivity contribution in [3.8, 4) is 51.6 Å². The number of nitriles is 3. The van der Waals surface area contributed by atoms with Gasteiger partial charge < -0.3 is 14.7 Å². The largest absolute Gasteiger partial charge is 0.311 e. The minimum absolute atomic E-state index is 0.251. The van der Waals surface area contributed by atoms with E-state index in [1.165, 1.54) is 0 Å². The fourth-order valence-electron chi connectivity index (χ4n) is 9.28. The molecule has 9 aromatic carbocycles. The molecule has 1 aliphatic carbocycles. The first-order valence-electron chi connectivity index (χ1n) is 22.9. The smallest absolute Gasteiger partial charge is 0.101 e. The predicted octanol–water partition coefficient (Wildman–Crippen LogP) is 16.6. The Morgan fingerprint density at radius 3 is 0.812 bits per heavy atom. The first-order valence-corrected chi connectivity index (χ1v) is 22.9. The summed E-state index contributed by atoms with van der Waals surface area (Å²) in [6.07, 6.45) is 8.52. The molecule has 0 fully saturated rings. The van der Waals surface area contributed by atoms with Crippen LogP contribution in [0.5, 0.6) is 0 Å². The van der Waals surface area contributed by atoms with Crippen molar-refractivity contribution >= 4 is 45.5 Å². The second-order valence-corrected chi connectivity index (χ2v) is 16.5. The van der Waals surface area contributed by atoms with Gasteiger partial charge >= 0.3 is 0 Å². The molecule has 0 spiro atoms. The summed E-state index contributed by atoms with van der Waals surface area (Å²) in [4.78, 5) is 6.56. The molecular formula is C63H44N6. The molecule has 6 heteroatoms. The van der Waals surface area contributed by atoms with E-state index in [0.717, 1.165) is 64.0 Å². The second-order valence-electron chi connectivity index (χ2n) is 16.5. The van der Waals surface area contributed by atoms with Gasteiger partial charge in [-0.1, -0.05) is 140 Å². The summed E-state index contributed by atoms with van der Waals surface area (Å²) in [5.41, 5.74) is 13.0. The number of anilines is 8. The number of para-hydroxylation sites is 5. The molecule has 1 aliphatic rings. The summed E-state index contributed by atoms with van der Waals surface area (Å²) in [6.45, 7) is 0. The highest BCUT2D eigenvalue weighted by Gasteiger charge is 2.28. The topological polar surface area (TPSA) is 81.1 Å². The standard InChI is InChI=1S/C63H44N6/c64-43-58-61(46-31-37-55(38-32-46)67(49-19-7-1-8-20-49)50-21-9-2-10-22-50)59(44-65)63(48-35-41-57(42-36-48)69(53-27-15-5-16-28-53)54-29-17-6-18-30-54)60(45-66)62(58)47-33-39-56(40-34-47)68(51-23-11-3-12-24-51)52-25-13-4-14-26-52/h1-5,7-17,19-42H,6,18H2. The highest BCUT2D eigenvalue weighted by molar-refractivity contribution is 5.98. The van der Waals surface area contributed by atoms with Crippen molar-refractivity contribution in [2.45, 2.75) is 12.8 Å². The van der Waals surface area contributed by atoms with Gasteiger partial charge in [0.15, 0.2) is 0 Å². The van der Waals surface area contributed by atoms with Crippen LogP contribution in [0, 0.1) is 34.0 Å². The molecule has 0 unspecified atom stereocenters. The van der Waals surface area contributed by atoms with Gasteiger partial charge in [-0.3, -0.25) is 0 Å². The molecule has 326 valence electrons. The molecule has 0 atom stereocenters. The van der Waals surface area contributed by atoms with E-state index in [2.05, 4.69) is 112 Å². The van der Waals surface area contributed by atoms with Gasteiger partial charge in [-0.2, -0.15) is 15.8 Å². The van der Waals surface area contributed by atoms with Gasteiger partial charge in [0.25, 0.3) is 0 Å². The van der Waals surface area contributed by atoms with Gasteiger partial charge in [-0.25, -0.2) is 0 Å². The highest BCUT2D eigenvalue weighted by Crippen LogP contribution is 2.47. The Morgan fingerprint density at radius 1 is 0.290 bits per heavy atom. The van der Waals surface area contributed by atoms with Gasteiger partial charge in [-0.15, -0.1) is 0 Å². The monoisotopic (exact) mass is 884 g/mol. The normalized spacial score (nSPS) is 11.6. The number of allylic oxidation sites excluding steroid dienone is 3. The summed E-state index contributed by atoms with van der Waals surface area (Å²) < 4.78 is 0. The van der Waals surface area contributed by atoms with Crippen LogP contribution in [0.4, 0.5) is 45.5 Å². The zero-order valence-corrected chi connectivity index (χ0v) is 37.7. The fraction of sp³-hybridized carbons (Fsp3) is 0.0317. The average Bonchev–Trinajstić information content (AvgIpc) is 3.43. The van der Waals surface area contributed by atoms with Gasteiger partial charge in [0, 0.05) is 67.9 Å². The molecule has 6 nitrogen and oxygen atoms in total. The van der Waals surface area contributed by atoms with Crippen LogP contribution in [0.25, 0.3) is 33.4 Å². The van der Waals surface area contributed by atoms with Crippen molar-refractivity contribution < 1.29 is 0 Å². The van der Waals surface area contributed by atoms with Gasteiger partial charge in [0.05, 0.1) is 16.7 Å². The van der Waals surface area contributed by atoms with E-state index in [1.54, 1.807) is 0 Å². The summed E-state index contributed by atoms with van der Waals surface area (Å²) in [5, 5.41) is 34.0. The third kappa shape index (κ3) is 8.64. The number of hydrogen-bond donors (Lipinski definition) is 0. The molecule has 0 aliphatic heterocycles. The van der Waals surface area contributed by atoms with Gasteiger partial charge in [0.2, 0.25) is 0 Å². The Balaban J connectivity index is 1.16. The zero-order valence-electron chi connectivity index (χ0n) is 37.7. The molecule has 0 radical (unpaired) electrons. The molecular weight excluding hydrogens is 841 g/mol. The maximum Gasteiger partial charge on any atom is 0.101 e. The fourth-order valence-corrected chi connectivity index (χ4v) is 9.28. The molecule has 0 aromatic heterocycles. The lowest BCUT2D eigenvalue weighted by Gasteiger charge is -2.28. The van der Waals surface area contributed by atoms with E-state index in [4.69, 9.17) is 0 Å². The lowest BCUT2D eigenvalue weighted by atomic mass is 9.80. The summed E-state index contributed by atoms with van der Waals surface area (Å²) in [7, 11) is 0.